The Hall–Kier alpha value is -0.810. The number of aliphatic hydroxyl groups excluding tert-OH is 1. The second-order valence-electron chi connectivity index (χ2n) is 5.78. The fourth-order valence-electron chi connectivity index (χ4n) is 2.91. The van der Waals surface area contributed by atoms with E-state index in [-0.39, 0.29) is 24.2 Å². The van der Waals surface area contributed by atoms with E-state index < -0.39 is 0 Å². The molecule has 0 radical (unpaired) electrons. The van der Waals surface area contributed by atoms with Crippen molar-refractivity contribution in [2.45, 2.75) is 50.8 Å². The number of likely N-dealkylation sites (tertiary alicyclic amines) is 2. The lowest BCUT2D eigenvalue weighted by molar-refractivity contribution is 0.0578. The molecule has 18 heavy (non-hydrogen) atoms. The molecule has 2 N–H and O–H groups in total. The lowest BCUT2D eigenvalue weighted by Crippen LogP contribution is -2.55. The monoisotopic (exact) mass is 255 g/mol. The van der Waals surface area contributed by atoms with Crippen LogP contribution in [0.5, 0.6) is 0 Å². The molecule has 0 aromatic heterocycles. The summed E-state index contributed by atoms with van der Waals surface area (Å²) in [4.78, 5) is 16.2. The van der Waals surface area contributed by atoms with Gasteiger partial charge >= 0.3 is 6.03 Å². The number of hydrogen-bond acceptors (Lipinski definition) is 3. The van der Waals surface area contributed by atoms with Gasteiger partial charge in [0.25, 0.3) is 0 Å². The summed E-state index contributed by atoms with van der Waals surface area (Å²) in [5.74, 6) is 0. The minimum absolute atomic E-state index is 0.0125. The van der Waals surface area contributed by atoms with Crippen LogP contribution in [-0.4, -0.2) is 65.8 Å². The molecule has 104 valence electrons. The van der Waals surface area contributed by atoms with Crippen LogP contribution in [0.2, 0.25) is 0 Å². The summed E-state index contributed by atoms with van der Waals surface area (Å²) in [5, 5.41) is 12.8. The zero-order valence-electron chi connectivity index (χ0n) is 11.4. The first-order chi connectivity index (χ1) is 8.56. The van der Waals surface area contributed by atoms with E-state index in [2.05, 4.69) is 24.2 Å². The van der Waals surface area contributed by atoms with Crippen LogP contribution in [-0.2, 0) is 0 Å². The minimum Gasteiger partial charge on any atom is -0.391 e. The smallest absolute Gasteiger partial charge is 0.317 e. The molecule has 2 aliphatic rings. The Morgan fingerprint density at radius 1 is 1.28 bits per heavy atom. The number of nitrogens with zero attached hydrogens (tertiary/aromatic N) is 2. The van der Waals surface area contributed by atoms with Gasteiger partial charge in [-0.2, -0.15) is 0 Å². The number of β-amino-alcohol motifs (C(OH)–C–C–N with tert-alkyl or cyclic N) is 1. The third-order valence-corrected chi connectivity index (χ3v) is 4.07. The van der Waals surface area contributed by atoms with Crippen LogP contribution in [0, 0.1) is 0 Å². The SMILES string of the molecule is C[C@@H]1CC[C@@H](O)CN1C(=O)NC1CCCN(C)C1. The largest absolute Gasteiger partial charge is 0.391 e. The van der Waals surface area contributed by atoms with E-state index in [0.29, 0.717) is 6.54 Å². The van der Waals surface area contributed by atoms with Gasteiger partial charge in [0.2, 0.25) is 0 Å². The Kier molecular flexibility index (Phi) is 4.45. The standard InChI is InChI=1S/C13H25N3O2/c1-10-5-6-12(17)9-16(10)13(18)14-11-4-3-7-15(2)8-11/h10-12,17H,3-9H2,1-2H3,(H,14,18)/t10-,11?,12-/m1/s1. The summed E-state index contributed by atoms with van der Waals surface area (Å²) in [6.07, 6.45) is 3.53. The highest BCUT2D eigenvalue weighted by atomic mass is 16.3. The van der Waals surface area contributed by atoms with Crippen LogP contribution in [0.15, 0.2) is 0 Å². The molecule has 0 spiro atoms. The third-order valence-electron chi connectivity index (χ3n) is 4.07. The summed E-state index contributed by atoms with van der Waals surface area (Å²) in [6.45, 7) is 4.57. The van der Waals surface area contributed by atoms with Crippen molar-refractivity contribution in [1.82, 2.24) is 15.1 Å². The Morgan fingerprint density at radius 3 is 2.78 bits per heavy atom. The second kappa shape index (κ2) is 5.89. The Bertz CT molecular complexity index is 298. The molecule has 2 saturated heterocycles. The second-order valence-corrected chi connectivity index (χ2v) is 5.78. The number of aliphatic hydroxyl groups is 1. The molecular weight excluding hydrogens is 230 g/mol. The van der Waals surface area contributed by atoms with Crippen molar-refractivity contribution in [3.05, 3.63) is 0 Å². The summed E-state index contributed by atoms with van der Waals surface area (Å²) in [6, 6.07) is 0.471. The normalized spacial score (nSPS) is 34.4. The van der Waals surface area contributed by atoms with Crippen molar-refractivity contribution in [2.75, 3.05) is 26.7 Å². The number of rotatable bonds is 1. The first-order valence-electron chi connectivity index (χ1n) is 7.00. The van der Waals surface area contributed by atoms with Gasteiger partial charge < -0.3 is 20.2 Å². The number of likely N-dealkylation sites (N-methyl/N-ethyl adjacent to an activating group) is 1. The molecule has 0 bridgehead atoms. The van der Waals surface area contributed by atoms with Crippen molar-refractivity contribution >= 4 is 6.03 Å². The highest BCUT2D eigenvalue weighted by Gasteiger charge is 2.29. The molecule has 1 unspecified atom stereocenters. The number of nitrogens with one attached hydrogen (secondary N) is 1. The summed E-state index contributed by atoms with van der Waals surface area (Å²) in [5.41, 5.74) is 0. The van der Waals surface area contributed by atoms with Gasteiger partial charge in [-0.3, -0.25) is 0 Å². The van der Waals surface area contributed by atoms with E-state index in [1.165, 1.54) is 0 Å². The van der Waals surface area contributed by atoms with E-state index >= 15 is 0 Å². The zero-order valence-corrected chi connectivity index (χ0v) is 11.4. The van der Waals surface area contributed by atoms with Gasteiger partial charge in [0, 0.05) is 25.2 Å². The van der Waals surface area contributed by atoms with Gasteiger partial charge in [-0.05, 0) is 46.2 Å². The molecule has 0 saturated carbocycles. The van der Waals surface area contributed by atoms with Crippen LogP contribution >= 0.6 is 0 Å². The van der Waals surface area contributed by atoms with Gasteiger partial charge in [-0.25, -0.2) is 4.79 Å². The number of amides is 2. The van der Waals surface area contributed by atoms with Gasteiger partial charge in [0.05, 0.1) is 6.10 Å². The summed E-state index contributed by atoms with van der Waals surface area (Å²) < 4.78 is 0. The molecule has 2 fully saturated rings. The van der Waals surface area contributed by atoms with Crippen LogP contribution in [0.3, 0.4) is 0 Å². The molecule has 2 rings (SSSR count). The minimum atomic E-state index is -0.360. The van der Waals surface area contributed by atoms with Crippen molar-refractivity contribution in [2.24, 2.45) is 0 Å². The molecule has 2 aliphatic heterocycles. The Labute approximate surface area is 109 Å². The molecule has 2 heterocycles. The molecule has 5 nitrogen and oxygen atoms in total. The lowest BCUT2D eigenvalue weighted by atomic mass is 10.0. The van der Waals surface area contributed by atoms with Gasteiger partial charge in [-0.1, -0.05) is 0 Å². The maximum atomic E-state index is 12.2. The van der Waals surface area contributed by atoms with E-state index in [4.69, 9.17) is 0 Å². The van der Waals surface area contributed by atoms with Gasteiger partial charge in [0.1, 0.15) is 0 Å². The fourth-order valence-corrected chi connectivity index (χ4v) is 2.91. The fraction of sp³-hybridized carbons (Fsp3) is 0.923. The topological polar surface area (TPSA) is 55.8 Å². The van der Waals surface area contributed by atoms with Crippen molar-refractivity contribution in [3.63, 3.8) is 0 Å². The highest BCUT2D eigenvalue weighted by Crippen LogP contribution is 2.17. The molecule has 5 heteroatoms. The van der Waals surface area contributed by atoms with Crippen LogP contribution in [0.25, 0.3) is 0 Å². The van der Waals surface area contributed by atoms with Crippen LogP contribution < -0.4 is 5.32 Å². The quantitative estimate of drug-likeness (QED) is 0.723. The third kappa shape index (κ3) is 3.36. The number of urea groups is 1. The molecule has 3 atom stereocenters. The first-order valence-corrected chi connectivity index (χ1v) is 7.00. The number of hydrogen-bond donors (Lipinski definition) is 2. The Morgan fingerprint density at radius 2 is 2.06 bits per heavy atom. The molecule has 0 aliphatic carbocycles. The first kappa shape index (κ1) is 13.6. The van der Waals surface area contributed by atoms with Crippen molar-refractivity contribution in [1.29, 1.82) is 0 Å². The van der Waals surface area contributed by atoms with Gasteiger partial charge in [-0.15, -0.1) is 0 Å². The molecule has 2 amide bonds. The van der Waals surface area contributed by atoms with Crippen LogP contribution in [0.4, 0.5) is 4.79 Å². The van der Waals surface area contributed by atoms with Gasteiger partial charge in [0.15, 0.2) is 0 Å². The molecular formula is C13H25N3O2. The van der Waals surface area contributed by atoms with Crippen LogP contribution in [0.1, 0.15) is 32.6 Å². The maximum absolute atomic E-state index is 12.2. The Balaban J connectivity index is 1.86. The number of carbonyl (C=O) groups excluding carboxylic acids is 1. The van der Waals surface area contributed by atoms with Crippen molar-refractivity contribution in [3.8, 4) is 0 Å². The number of carbonyl (C=O) groups is 1. The predicted octanol–water partition coefficient (Wildman–Crippen LogP) is 0.635. The lowest BCUT2D eigenvalue weighted by Gasteiger charge is -2.38. The number of piperidine rings is 2. The average Bonchev–Trinajstić information content (AvgIpc) is 2.32. The van der Waals surface area contributed by atoms with E-state index in [1.807, 2.05) is 0 Å². The maximum Gasteiger partial charge on any atom is 0.317 e. The predicted molar refractivity (Wildman–Crippen MR) is 70.5 cm³/mol. The summed E-state index contributed by atoms with van der Waals surface area (Å²) in [7, 11) is 2.09. The zero-order chi connectivity index (χ0) is 13.1. The highest BCUT2D eigenvalue weighted by molar-refractivity contribution is 5.75. The molecule has 0 aromatic rings. The van der Waals surface area contributed by atoms with Crippen molar-refractivity contribution < 1.29 is 9.90 Å². The summed E-state index contributed by atoms with van der Waals surface area (Å²) >= 11 is 0. The average molecular weight is 255 g/mol. The molecule has 0 aromatic carbocycles. The van der Waals surface area contributed by atoms with E-state index in [9.17, 15) is 9.90 Å². The van der Waals surface area contributed by atoms with E-state index in [1.54, 1.807) is 4.90 Å². The van der Waals surface area contributed by atoms with E-state index in [0.717, 1.165) is 38.8 Å².